The molecule has 2 heterocycles. The van der Waals surface area contributed by atoms with Crippen LogP contribution in [0.15, 0.2) is 24.7 Å². The summed E-state index contributed by atoms with van der Waals surface area (Å²) in [6, 6.07) is 3.93. The molecule has 5 heteroatoms. The number of aliphatic hydroxyl groups is 1. The summed E-state index contributed by atoms with van der Waals surface area (Å²) in [5, 5.41) is 9.08. The summed E-state index contributed by atoms with van der Waals surface area (Å²) in [6.45, 7) is 2.87. The quantitative estimate of drug-likeness (QED) is 0.847. The largest absolute Gasteiger partial charge is 0.394 e. The van der Waals surface area contributed by atoms with Crippen LogP contribution in [0.5, 0.6) is 0 Å². The van der Waals surface area contributed by atoms with Gasteiger partial charge in [0.25, 0.3) is 0 Å². The zero-order valence-electron chi connectivity index (χ0n) is 9.84. The lowest BCUT2D eigenvalue weighted by Crippen LogP contribution is -2.18. The van der Waals surface area contributed by atoms with Crippen LogP contribution in [-0.2, 0) is 13.0 Å². The van der Waals surface area contributed by atoms with Crippen molar-refractivity contribution < 1.29 is 5.11 Å². The molecular weight excluding hydrogens is 234 g/mol. The lowest BCUT2D eigenvalue weighted by Gasteiger charge is -2.11. The van der Waals surface area contributed by atoms with E-state index in [-0.39, 0.29) is 12.6 Å². The molecule has 0 saturated carbocycles. The van der Waals surface area contributed by atoms with E-state index in [1.54, 1.807) is 12.5 Å². The van der Waals surface area contributed by atoms with E-state index in [9.17, 15) is 0 Å². The third kappa shape index (κ3) is 2.74. The lowest BCUT2D eigenvalue weighted by atomic mass is 10.2. The van der Waals surface area contributed by atoms with Gasteiger partial charge in [-0.2, -0.15) is 0 Å². The Morgan fingerprint density at radius 3 is 2.88 bits per heavy atom. The van der Waals surface area contributed by atoms with Gasteiger partial charge >= 0.3 is 0 Å². The average molecular weight is 251 g/mol. The van der Waals surface area contributed by atoms with Crippen molar-refractivity contribution in [2.75, 3.05) is 6.61 Å². The summed E-state index contributed by atoms with van der Waals surface area (Å²) in [5.41, 5.74) is 6.69. The second-order valence-electron chi connectivity index (χ2n) is 3.96. The maximum absolute atomic E-state index is 9.08. The molecule has 4 nitrogen and oxygen atoms in total. The van der Waals surface area contributed by atoms with Crippen LogP contribution >= 0.6 is 11.3 Å². The molecule has 1 atom stereocenters. The monoisotopic (exact) mass is 251 g/mol. The molecule has 0 aromatic carbocycles. The summed E-state index contributed by atoms with van der Waals surface area (Å²) in [7, 11) is 0. The highest BCUT2D eigenvalue weighted by Crippen LogP contribution is 2.19. The predicted octanol–water partition coefficient (Wildman–Crippen LogP) is 1.55. The summed E-state index contributed by atoms with van der Waals surface area (Å²) < 4.78 is 1.99. The van der Waals surface area contributed by atoms with Gasteiger partial charge in [-0.05, 0) is 18.6 Å². The first kappa shape index (κ1) is 12.3. The van der Waals surface area contributed by atoms with E-state index < -0.39 is 0 Å². The van der Waals surface area contributed by atoms with Crippen molar-refractivity contribution in [3.8, 4) is 0 Å². The zero-order chi connectivity index (χ0) is 12.3. The molecule has 17 heavy (non-hydrogen) atoms. The second-order valence-corrected chi connectivity index (χ2v) is 5.21. The van der Waals surface area contributed by atoms with E-state index in [0.29, 0.717) is 0 Å². The Hall–Kier alpha value is -1.17. The first-order chi connectivity index (χ1) is 8.24. The van der Waals surface area contributed by atoms with E-state index in [0.717, 1.165) is 18.7 Å². The zero-order valence-corrected chi connectivity index (χ0v) is 10.7. The van der Waals surface area contributed by atoms with Gasteiger partial charge in [0.1, 0.15) is 0 Å². The van der Waals surface area contributed by atoms with Gasteiger partial charge in [-0.1, -0.05) is 6.92 Å². The van der Waals surface area contributed by atoms with E-state index in [4.69, 9.17) is 10.8 Å². The minimum atomic E-state index is -0.358. The first-order valence-electron chi connectivity index (χ1n) is 5.68. The average Bonchev–Trinajstić information content (AvgIpc) is 2.97. The van der Waals surface area contributed by atoms with Crippen LogP contribution in [0.25, 0.3) is 0 Å². The van der Waals surface area contributed by atoms with Crippen LogP contribution in [0.1, 0.15) is 28.4 Å². The molecule has 0 bridgehead atoms. The highest BCUT2D eigenvalue weighted by atomic mass is 32.1. The van der Waals surface area contributed by atoms with Gasteiger partial charge in [0, 0.05) is 16.0 Å². The third-order valence-corrected chi connectivity index (χ3v) is 3.93. The first-order valence-corrected chi connectivity index (χ1v) is 6.50. The number of aromatic nitrogens is 2. The molecule has 2 rings (SSSR count). The Morgan fingerprint density at radius 2 is 2.24 bits per heavy atom. The highest BCUT2D eigenvalue weighted by Gasteiger charge is 2.11. The second kappa shape index (κ2) is 5.44. The maximum Gasteiger partial charge on any atom is 0.0952 e. The number of rotatable bonds is 5. The topological polar surface area (TPSA) is 64.1 Å². The Morgan fingerprint density at radius 1 is 1.47 bits per heavy atom. The van der Waals surface area contributed by atoms with E-state index in [1.165, 1.54) is 9.75 Å². The minimum absolute atomic E-state index is 0.0592. The van der Waals surface area contributed by atoms with Gasteiger partial charge in [-0.3, -0.25) is 0 Å². The molecule has 3 N–H and O–H groups in total. The number of aliphatic hydroxyl groups excluding tert-OH is 1. The van der Waals surface area contributed by atoms with Crippen molar-refractivity contribution >= 4 is 11.3 Å². The van der Waals surface area contributed by atoms with Crippen molar-refractivity contribution in [1.29, 1.82) is 0 Å². The van der Waals surface area contributed by atoms with Crippen LogP contribution in [0.3, 0.4) is 0 Å². The fraction of sp³-hybridized carbons (Fsp3) is 0.417. The number of thiophene rings is 1. The minimum Gasteiger partial charge on any atom is -0.394 e. The number of imidazole rings is 1. The molecule has 0 amide bonds. The molecule has 2 aromatic rings. The molecule has 0 spiro atoms. The Kier molecular flexibility index (Phi) is 3.93. The fourth-order valence-electron chi connectivity index (χ4n) is 1.73. The molecule has 0 radical (unpaired) electrons. The molecule has 92 valence electrons. The number of nitrogens with two attached hydrogens (primary N) is 1. The fourth-order valence-corrected chi connectivity index (χ4v) is 2.69. The standard InChI is InChI=1S/C12H17N3OS/c1-2-9-3-4-10(17-9)6-15-8-14-5-12(15)11(13)7-16/h3-5,8,11,16H,2,6-7,13H2,1H3. The Bertz CT molecular complexity index is 478. The van der Waals surface area contributed by atoms with Crippen LogP contribution in [0.2, 0.25) is 0 Å². The Balaban J connectivity index is 2.15. The molecule has 0 fully saturated rings. The number of hydrogen-bond donors (Lipinski definition) is 2. The highest BCUT2D eigenvalue weighted by molar-refractivity contribution is 7.11. The van der Waals surface area contributed by atoms with Gasteiger partial charge in [0.05, 0.1) is 31.2 Å². The van der Waals surface area contributed by atoms with Gasteiger partial charge in [0.2, 0.25) is 0 Å². The number of hydrogen-bond acceptors (Lipinski definition) is 4. The van der Waals surface area contributed by atoms with Crippen LogP contribution in [-0.4, -0.2) is 21.3 Å². The van der Waals surface area contributed by atoms with Crippen molar-refractivity contribution in [2.24, 2.45) is 5.73 Å². The van der Waals surface area contributed by atoms with Crippen LogP contribution in [0.4, 0.5) is 0 Å². The van der Waals surface area contributed by atoms with Crippen molar-refractivity contribution in [2.45, 2.75) is 25.9 Å². The van der Waals surface area contributed by atoms with Crippen LogP contribution in [0, 0.1) is 0 Å². The number of nitrogens with zero attached hydrogens (tertiary/aromatic N) is 2. The Labute approximate surface area is 105 Å². The molecule has 0 aliphatic carbocycles. The summed E-state index contributed by atoms with van der Waals surface area (Å²) in [4.78, 5) is 6.76. The molecule has 0 saturated heterocycles. The molecular formula is C12H17N3OS. The smallest absolute Gasteiger partial charge is 0.0952 e. The molecule has 0 aliphatic heterocycles. The van der Waals surface area contributed by atoms with E-state index >= 15 is 0 Å². The third-order valence-electron chi connectivity index (χ3n) is 2.71. The predicted molar refractivity (Wildman–Crippen MR) is 69.0 cm³/mol. The SMILES string of the molecule is CCc1ccc(Cn2cncc2C(N)CO)s1. The van der Waals surface area contributed by atoms with Gasteiger partial charge in [-0.15, -0.1) is 11.3 Å². The molecule has 1 unspecified atom stereocenters. The molecule has 0 aliphatic rings. The van der Waals surface area contributed by atoms with Gasteiger partial charge in [-0.25, -0.2) is 4.98 Å². The van der Waals surface area contributed by atoms with Gasteiger partial charge in [0.15, 0.2) is 0 Å². The summed E-state index contributed by atoms with van der Waals surface area (Å²) >= 11 is 1.81. The maximum atomic E-state index is 9.08. The van der Waals surface area contributed by atoms with Crippen molar-refractivity contribution in [3.63, 3.8) is 0 Å². The van der Waals surface area contributed by atoms with Crippen molar-refractivity contribution in [1.82, 2.24) is 9.55 Å². The van der Waals surface area contributed by atoms with Crippen molar-refractivity contribution in [3.05, 3.63) is 40.1 Å². The van der Waals surface area contributed by atoms with E-state index in [2.05, 4.69) is 24.0 Å². The summed E-state index contributed by atoms with van der Waals surface area (Å²) in [6.07, 6.45) is 4.54. The van der Waals surface area contributed by atoms with Gasteiger partial charge < -0.3 is 15.4 Å². The van der Waals surface area contributed by atoms with E-state index in [1.807, 2.05) is 15.9 Å². The summed E-state index contributed by atoms with van der Waals surface area (Å²) in [5.74, 6) is 0. The normalized spacial score (nSPS) is 12.9. The lowest BCUT2D eigenvalue weighted by molar-refractivity contribution is 0.263. The molecule has 2 aromatic heterocycles. The van der Waals surface area contributed by atoms with Crippen LogP contribution < -0.4 is 5.73 Å². The number of aryl methyl sites for hydroxylation is 1.